The van der Waals surface area contributed by atoms with Gasteiger partial charge in [-0.2, -0.15) is 5.10 Å². The molecule has 174 valence electrons. The van der Waals surface area contributed by atoms with Crippen LogP contribution in [0.5, 0.6) is 0 Å². The summed E-state index contributed by atoms with van der Waals surface area (Å²) in [5.41, 5.74) is 4.65. The zero-order valence-corrected chi connectivity index (χ0v) is 18.5. The summed E-state index contributed by atoms with van der Waals surface area (Å²) in [7, 11) is 1.55. The molecule has 0 aliphatic heterocycles. The Morgan fingerprint density at radius 1 is 1.09 bits per heavy atom. The van der Waals surface area contributed by atoms with Crippen molar-refractivity contribution in [1.82, 2.24) is 15.1 Å². The minimum Gasteiger partial charge on any atom is -0.480 e. The van der Waals surface area contributed by atoms with Crippen LogP contribution in [-0.4, -0.2) is 45.5 Å². The van der Waals surface area contributed by atoms with Crippen LogP contribution in [0.2, 0.25) is 0 Å². The number of nitrogens with zero attached hydrogens (tertiary/aromatic N) is 2. The lowest BCUT2D eigenvalue weighted by Gasteiger charge is -2.16. The van der Waals surface area contributed by atoms with Gasteiger partial charge in [0.05, 0.1) is 11.9 Å². The molecule has 9 nitrogen and oxygen atoms in total. The number of carboxylic acids is 1. The van der Waals surface area contributed by atoms with Gasteiger partial charge in [-0.1, -0.05) is 48.5 Å². The monoisotopic (exact) mass is 460 g/mol. The number of aromatic nitrogens is 2. The number of hydrogen-bond donors (Lipinski definition) is 3. The van der Waals surface area contributed by atoms with Crippen LogP contribution in [0.25, 0.3) is 11.1 Å². The normalized spacial score (nSPS) is 15.2. The Labute approximate surface area is 195 Å². The minimum absolute atomic E-state index is 0.0559. The maximum atomic E-state index is 12.8. The van der Waals surface area contributed by atoms with Gasteiger partial charge in [0.1, 0.15) is 18.3 Å². The maximum absolute atomic E-state index is 12.8. The number of fused-ring (bicyclic) bond motifs is 3. The lowest BCUT2D eigenvalue weighted by Crippen LogP contribution is -2.43. The third kappa shape index (κ3) is 4.00. The zero-order valence-electron chi connectivity index (χ0n) is 18.5. The SMILES string of the molecule is Cn1ncc(NC(=O)OCC2c3ccccc3-c3ccccc32)c1C(=O)NC(C(=O)O)C1CC1. The summed E-state index contributed by atoms with van der Waals surface area (Å²) in [5, 5.41) is 18.6. The highest BCUT2D eigenvalue weighted by Crippen LogP contribution is 2.44. The summed E-state index contributed by atoms with van der Waals surface area (Å²) < 4.78 is 6.83. The number of aryl methyl sites for hydroxylation is 1. The van der Waals surface area contributed by atoms with Crippen LogP contribution in [-0.2, 0) is 16.6 Å². The van der Waals surface area contributed by atoms with Crippen LogP contribution in [0.15, 0.2) is 54.7 Å². The molecule has 34 heavy (non-hydrogen) atoms. The standard InChI is InChI=1S/C25H24N4O5/c1-29-22(23(30)28-21(24(31)32)14-10-11-14)20(12-26-29)27-25(33)34-13-19-17-8-4-2-6-15(17)16-7-3-5-9-18(16)19/h2-9,12,14,19,21H,10-11,13H2,1H3,(H,27,33)(H,28,30)(H,31,32). The molecular weight excluding hydrogens is 436 g/mol. The summed E-state index contributed by atoms with van der Waals surface area (Å²) in [4.78, 5) is 36.9. The van der Waals surface area contributed by atoms with E-state index in [1.807, 2.05) is 36.4 Å². The first-order valence-electron chi connectivity index (χ1n) is 11.1. The van der Waals surface area contributed by atoms with Gasteiger partial charge in [0, 0.05) is 13.0 Å². The molecule has 1 saturated carbocycles. The smallest absolute Gasteiger partial charge is 0.411 e. The van der Waals surface area contributed by atoms with E-state index in [9.17, 15) is 19.5 Å². The first kappa shape index (κ1) is 21.7. The summed E-state index contributed by atoms with van der Waals surface area (Å²) >= 11 is 0. The highest BCUT2D eigenvalue weighted by Gasteiger charge is 2.38. The van der Waals surface area contributed by atoms with Crippen LogP contribution in [0.3, 0.4) is 0 Å². The van der Waals surface area contributed by atoms with Gasteiger partial charge < -0.3 is 15.2 Å². The Kier molecular flexibility index (Phi) is 5.53. The van der Waals surface area contributed by atoms with E-state index in [4.69, 9.17) is 4.74 Å². The first-order valence-corrected chi connectivity index (χ1v) is 11.1. The summed E-state index contributed by atoms with van der Waals surface area (Å²) in [6.07, 6.45) is 2.13. The highest BCUT2D eigenvalue weighted by molar-refractivity contribution is 6.02. The minimum atomic E-state index is -1.08. The van der Waals surface area contributed by atoms with Gasteiger partial charge in [-0.3, -0.25) is 14.8 Å². The molecule has 2 aliphatic carbocycles. The van der Waals surface area contributed by atoms with E-state index in [2.05, 4.69) is 27.9 Å². The van der Waals surface area contributed by atoms with Crippen molar-refractivity contribution < 1.29 is 24.2 Å². The summed E-state index contributed by atoms with van der Waals surface area (Å²) in [5.74, 6) is -1.87. The molecule has 9 heteroatoms. The Balaban J connectivity index is 1.27. The van der Waals surface area contributed by atoms with Crippen molar-refractivity contribution in [3.05, 3.63) is 71.5 Å². The number of anilines is 1. The number of rotatable bonds is 7. The maximum Gasteiger partial charge on any atom is 0.411 e. The molecule has 2 aromatic carbocycles. The van der Waals surface area contributed by atoms with Crippen molar-refractivity contribution in [2.45, 2.75) is 24.8 Å². The van der Waals surface area contributed by atoms with E-state index < -0.39 is 24.0 Å². The molecule has 0 spiro atoms. The molecule has 1 aromatic heterocycles. The van der Waals surface area contributed by atoms with Crippen LogP contribution in [0, 0.1) is 5.92 Å². The largest absolute Gasteiger partial charge is 0.480 e. The molecule has 2 aliphatic rings. The Morgan fingerprint density at radius 2 is 1.71 bits per heavy atom. The lowest BCUT2D eigenvalue weighted by atomic mass is 9.98. The van der Waals surface area contributed by atoms with E-state index in [-0.39, 0.29) is 29.8 Å². The fourth-order valence-corrected chi connectivity index (χ4v) is 4.56. The van der Waals surface area contributed by atoms with Crippen molar-refractivity contribution in [2.24, 2.45) is 13.0 Å². The second-order valence-electron chi connectivity index (χ2n) is 8.61. The number of nitrogens with one attached hydrogen (secondary N) is 2. The second-order valence-corrected chi connectivity index (χ2v) is 8.61. The number of carboxylic acid groups (broad SMARTS) is 1. The molecule has 3 aromatic rings. The molecule has 1 unspecified atom stereocenters. The van der Waals surface area contributed by atoms with Crippen molar-refractivity contribution in [2.75, 3.05) is 11.9 Å². The van der Waals surface area contributed by atoms with Gasteiger partial charge in [-0.05, 0) is 41.0 Å². The van der Waals surface area contributed by atoms with Crippen molar-refractivity contribution in [3.63, 3.8) is 0 Å². The van der Waals surface area contributed by atoms with Crippen LogP contribution in [0.4, 0.5) is 10.5 Å². The molecule has 0 bridgehead atoms. The summed E-state index contributed by atoms with van der Waals surface area (Å²) in [6, 6.07) is 15.1. The Morgan fingerprint density at radius 3 is 2.29 bits per heavy atom. The number of aliphatic carboxylic acids is 1. The number of carbonyl (C=O) groups is 3. The quantitative estimate of drug-likeness (QED) is 0.497. The fourth-order valence-electron chi connectivity index (χ4n) is 4.56. The Hall–Kier alpha value is -4.14. The van der Waals surface area contributed by atoms with Gasteiger partial charge in [0.25, 0.3) is 5.91 Å². The van der Waals surface area contributed by atoms with Crippen LogP contribution in [0.1, 0.15) is 40.4 Å². The molecule has 5 rings (SSSR count). The molecule has 0 saturated heterocycles. The van der Waals surface area contributed by atoms with E-state index in [0.717, 1.165) is 35.1 Å². The third-order valence-electron chi connectivity index (χ3n) is 6.38. The van der Waals surface area contributed by atoms with E-state index >= 15 is 0 Å². The topological polar surface area (TPSA) is 123 Å². The number of benzene rings is 2. The predicted molar refractivity (Wildman–Crippen MR) is 124 cm³/mol. The van der Waals surface area contributed by atoms with E-state index in [1.54, 1.807) is 7.05 Å². The number of ether oxygens (including phenoxy) is 1. The fraction of sp³-hybridized carbons (Fsp3) is 0.280. The third-order valence-corrected chi connectivity index (χ3v) is 6.38. The van der Waals surface area contributed by atoms with Crippen molar-refractivity contribution in [1.29, 1.82) is 0 Å². The number of hydrogen-bond acceptors (Lipinski definition) is 5. The average Bonchev–Trinajstić information content (AvgIpc) is 3.53. The van der Waals surface area contributed by atoms with E-state index in [0.29, 0.717) is 0 Å². The molecule has 1 fully saturated rings. The van der Waals surface area contributed by atoms with Gasteiger partial charge in [-0.15, -0.1) is 0 Å². The summed E-state index contributed by atoms with van der Waals surface area (Å²) in [6.45, 7) is 0.129. The van der Waals surface area contributed by atoms with Crippen molar-refractivity contribution >= 4 is 23.7 Å². The first-order chi connectivity index (χ1) is 16.4. The molecule has 1 atom stereocenters. The molecule has 1 heterocycles. The van der Waals surface area contributed by atoms with E-state index in [1.165, 1.54) is 10.9 Å². The number of amides is 2. The number of carbonyl (C=O) groups excluding carboxylic acids is 2. The van der Waals surface area contributed by atoms with Gasteiger partial charge in [0.15, 0.2) is 0 Å². The van der Waals surface area contributed by atoms with Gasteiger partial charge in [0.2, 0.25) is 0 Å². The average molecular weight is 460 g/mol. The highest BCUT2D eigenvalue weighted by atomic mass is 16.5. The molecule has 0 radical (unpaired) electrons. The molecule has 3 N–H and O–H groups in total. The van der Waals surface area contributed by atoms with Gasteiger partial charge >= 0.3 is 12.1 Å². The zero-order chi connectivity index (χ0) is 23.8. The Bertz CT molecular complexity index is 1230. The molecule has 2 amide bonds. The van der Waals surface area contributed by atoms with Crippen LogP contribution >= 0.6 is 0 Å². The molecular formula is C25H24N4O5. The second kappa shape index (κ2) is 8.66. The van der Waals surface area contributed by atoms with Gasteiger partial charge in [-0.25, -0.2) is 9.59 Å². The lowest BCUT2D eigenvalue weighted by molar-refractivity contribution is -0.139. The van der Waals surface area contributed by atoms with Crippen LogP contribution < -0.4 is 10.6 Å². The predicted octanol–water partition coefficient (Wildman–Crippen LogP) is 3.37. The van der Waals surface area contributed by atoms with Crippen molar-refractivity contribution in [3.8, 4) is 11.1 Å².